The van der Waals surface area contributed by atoms with E-state index in [9.17, 15) is 9.59 Å². The van der Waals surface area contributed by atoms with Gasteiger partial charge < -0.3 is 19.7 Å². The molecule has 1 N–H and O–H groups in total. The number of amides is 2. The van der Waals surface area contributed by atoms with Crippen molar-refractivity contribution in [2.24, 2.45) is 5.92 Å². The van der Waals surface area contributed by atoms with Crippen LogP contribution in [0, 0.1) is 5.92 Å². The van der Waals surface area contributed by atoms with E-state index in [4.69, 9.17) is 21.1 Å². The molecule has 0 bridgehead atoms. The second-order valence-corrected chi connectivity index (χ2v) is 10.5. The van der Waals surface area contributed by atoms with Crippen molar-refractivity contribution in [1.29, 1.82) is 0 Å². The summed E-state index contributed by atoms with van der Waals surface area (Å²) in [6.07, 6.45) is 4.26. The van der Waals surface area contributed by atoms with E-state index in [1.54, 1.807) is 18.9 Å². The number of nitrogens with one attached hydrogen (secondary N) is 1. The Balaban J connectivity index is 1.41. The molecule has 1 saturated carbocycles. The number of hydrogen-bond acceptors (Lipinski definition) is 5. The van der Waals surface area contributed by atoms with Crippen LogP contribution in [0.3, 0.4) is 0 Å². The van der Waals surface area contributed by atoms with Gasteiger partial charge in [0.1, 0.15) is 0 Å². The van der Waals surface area contributed by atoms with Gasteiger partial charge in [0.15, 0.2) is 11.5 Å². The van der Waals surface area contributed by atoms with Crippen LogP contribution in [-0.4, -0.2) is 48.8 Å². The van der Waals surface area contributed by atoms with Crippen molar-refractivity contribution in [2.75, 3.05) is 20.8 Å². The number of methoxy groups -OCH3 is 1. The zero-order chi connectivity index (χ0) is 24.9. The second kappa shape index (κ2) is 11.4. The second-order valence-electron chi connectivity index (χ2n) is 8.81. The Kier molecular flexibility index (Phi) is 8.29. The summed E-state index contributed by atoms with van der Waals surface area (Å²) >= 11 is 7.84. The van der Waals surface area contributed by atoms with E-state index in [0.717, 1.165) is 24.0 Å². The molecule has 1 aliphatic carbocycles. The topological polar surface area (TPSA) is 67.9 Å². The molecule has 0 radical (unpaired) electrons. The Hall–Kier alpha value is -2.64. The van der Waals surface area contributed by atoms with Crippen LogP contribution in [0.1, 0.15) is 37.3 Å². The Morgan fingerprint density at radius 3 is 2.77 bits per heavy atom. The van der Waals surface area contributed by atoms with E-state index in [2.05, 4.69) is 5.32 Å². The van der Waals surface area contributed by atoms with Gasteiger partial charge in [0.25, 0.3) is 5.91 Å². The fraction of sp³-hybridized carbons (Fsp3) is 0.407. The van der Waals surface area contributed by atoms with Crippen molar-refractivity contribution in [1.82, 2.24) is 10.2 Å². The van der Waals surface area contributed by atoms with Crippen molar-refractivity contribution in [3.63, 3.8) is 0 Å². The summed E-state index contributed by atoms with van der Waals surface area (Å²) in [6.45, 7) is 2.89. The third-order valence-electron chi connectivity index (χ3n) is 6.63. The molecule has 1 heterocycles. The molecule has 0 aromatic heterocycles. The van der Waals surface area contributed by atoms with E-state index in [1.807, 2.05) is 67.4 Å². The summed E-state index contributed by atoms with van der Waals surface area (Å²) in [5.41, 5.74) is 1.79. The summed E-state index contributed by atoms with van der Waals surface area (Å²) in [4.78, 5) is 28.6. The Labute approximate surface area is 216 Å². The molecule has 3 unspecified atom stereocenters. The molecule has 2 aromatic carbocycles. The molecule has 35 heavy (non-hydrogen) atoms. The fourth-order valence-electron chi connectivity index (χ4n) is 4.70. The van der Waals surface area contributed by atoms with Gasteiger partial charge in [0, 0.05) is 35.8 Å². The first-order valence-corrected chi connectivity index (χ1v) is 13.1. The quantitative estimate of drug-likeness (QED) is 0.518. The molecule has 1 aliphatic heterocycles. The number of likely N-dealkylation sites (N-methyl/N-ethyl adjacent to an activating group) is 1. The maximum absolute atomic E-state index is 13.2. The normalized spacial score (nSPS) is 23.1. The highest BCUT2D eigenvalue weighted by molar-refractivity contribution is 8.04. The lowest BCUT2D eigenvalue weighted by molar-refractivity contribution is -0.132. The van der Waals surface area contributed by atoms with Crippen LogP contribution in [-0.2, 0) is 16.1 Å². The van der Waals surface area contributed by atoms with Gasteiger partial charge in [-0.15, -0.1) is 11.8 Å². The van der Waals surface area contributed by atoms with Crippen LogP contribution in [0.4, 0.5) is 0 Å². The fourth-order valence-corrected chi connectivity index (χ4v) is 6.39. The Morgan fingerprint density at radius 1 is 1.23 bits per heavy atom. The highest BCUT2D eigenvalue weighted by atomic mass is 35.5. The van der Waals surface area contributed by atoms with E-state index in [1.165, 1.54) is 0 Å². The molecular weight excluding hydrogens is 484 g/mol. The highest BCUT2D eigenvalue weighted by Gasteiger charge is 2.42. The van der Waals surface area contributed by atoms with Crippen molar-refractivity contribution < 1.29 is 19.1 Å². The molecule has 186 valence electrons. The van der Waals surface area contributed by atoms with Crippen LogP contribution in [0.25, 0.3) is 6.08 Å². The maximum atomic E-state index is 13.2. The molecule has 1 saturated heterocycles. The monoisotopic (exact) mass is 514 g/mol. The van der Waals surface area contributed by atoms with Gasteiger partial charge in [-0.05, 0) is 61.6 Å². The largest absolute Gasteiger partial charge is 0.493 e. The van der Waals surface area contributed by atoms with Crippen molar-refractivity contribution in [3.8, 4) is 11.5 Å². The molecule has 0 spiro atoms. The minimum atomic E-state index is -0.115. The number of carbonyl (C=O) groups is 2. The first-order valence-electron chi connectivity index (χ1n) is 11.9. The molecular formula is C27H31ClN2O4S. The molecule has 2 aliphatic rings. The smallest absolute Gasteiger partial charge is 0.260 e. The van der Waals surface area contributed by atoms with Crippen LogP contribution in [0.5, 0.6) is 11.5 Å². The number of benzene rings is 2. The van der Waals surface area contributed by atoms with Crippen LogP contribution in [0.2, 0.25) is 5.02 Å². The van der Waals surface area contributed by atoms with Crippen LogP contribution >= 0.6 is 23.4 Å². The minimum Gasteiger partial charge on any atom is -0.493 e. The van der Waals surface area contributed by atoms with Gasteiger partial charge in [-0.3, -0.25) is 9.59 Å². The lowest BCUT2D eigenvalue weighted by Gasteiger charge is -2.44. The lowest BCUT2D eigenvalue weighted by atomic mass is 9.83. The van der Waals surface area contributed by atoms with Gasteiger partial charge in [-0.2, -0.15) is 0 Å². The molecule has 6 nitrogen and oxygen atoms in total. The molecule has 2 amide bonds. The van der Waals surface area contributed by atoms with E-state index in [0.29, 0.717) is 41.0 Å². The van der Waals surface area contributed by atoms with Crippen LogP contribution < -0.4 is 14.8 Å². The summed E-state index contributed by atoms with van der Waals surface area (Å²) in [5.74, 6) is 1.22. The third-order valence-corrected chi connectivity index (χ3v) is 8.40. The number of hydrogen-bond donors (Lipinski definition) is 1. The van der Waals surface area contributed by atoms with E-state index >= 15 is 0 Å². The van der Waals surface area contributed by atoms with Gasteiger partial charge in [-0.1, -0.05) is 35.9 Å². The van der Waals surface area contributed by atoms with Crippen molar-refractivity contribution >= 4 is 41.3 Å². The van der Waals surface area contributed by atoms with E-state index < -0.39 is 0 Å². The van der Waals surface area contributed by atoms with Crippen molar-refractivity contribution in [2.45, 2.75) is 44.0 Å². The predicted octanol–water partition coefficient (Wildman–Crippen LogP) is 5.15. The number of fused-ring (bicyclic) bond motifs is 1. The summed E-state index contributed by atoms with van der Waals surface area (Å²) in [6, 6.07) is 13.2. The summed E-state index contributed by atoms with van der Waals surface area (Å²) in [7, 11) is 3.45. The number of nitrogens with zero attached hydrogens (tertiary/aromatic N) is 1. The third kappa shape index (κ3) is 5.78. The molecule has 2 fully saturated rings. The predicted molar refractivity (Wildman–Crippen MR) is 141 cm³/mol. The zero-order valence-corrected chi connectivity index (χ0v) is 21.8. The number of thioether (sulfide) groups is 1. The molecule has 2 aromatic rings. The van der Waals surface area contributed by atoms with Crippen molar-refractivity contribution in [3.05, 3.63) is 63.5 Å². The SMILES string of the molecule is CCOc1ccc(/C=C2/SC3CCC(C(=O)NCc4ccccc4Cl)CC3N(C)C2=O)cc1OC. The van der Waals surface area contributed by atoms with Crippen LogP contribution in [0.15, 0.2) is 47.4 Å². The Morgan fingerprint density at radius 2 is 2.03 bits per heavy atom. The van der Waals surface area contributed by atoms with Gasteiger partial charge >= 0.3 is 0 Å². The standard InChI is InChI=1S/C27H31ClN2O4S/c1-4-34-22-11-9-17(13-23(22)33-3)14-25-27(32)30(2)21-15-18(10-12-24(21)35-25)26(31)29-16-19-7-5-6-8-20(19)28/h5-9,11,13-14,18,21,24H,4,10,12,15-16H2,1-3H3,(H,29,31)/b25-14+. The zero-order valence-electron chi connectivity index (χ0n) is 20.3. The van der Waals surface area contributed by atoms with Gasteiger partial charge in [0.2, 0.25) is 5.91 Å². The average molecular weight is 515 g/mol. The van der Waals surface area contributed by atoms with Gasteiger partial charge in [-0.25, -0.2) is 0 Å². The minimum absolute atomic E-state index is 0.0128. The summed E-state index contributed by atoms with van der Waals surface area (Å²) in [5, 5.41) is 3.94. The molecule has 8 heteroatoms. The highest BCUT2D eigenvalue weighted by Crippen LogP contribution is 2.43. The molecule has 3 atom stereocenters. The lowest BCUT2D eigenvalue weighted by Crippen LogP contribution is -2.52. The number of ether oxygens (including phenoxy) is 2. The first-order chi connectivity index (χ1) is 16.9. The van der Waals surface area contributed by atoms with E-state index in [-0.39, 0.29) is 29.0 Å². The number of rotatable bonds is 7. The Bertz CT molecular complexity index is 1120. The average Bonchev–Trinajstić information content (AvgIpc) is 2.87. The van der Waals surface area contributed by atoms with Gasteiger partial charge in [0.05, 0.1) is 18.6 Å². The number of halogens is 1. The molecule has 4 rings (SSSR count). The first kappa shape index (κ1) is 25.5. The summed E-state index contributed by atoms with van der Waals surface area (Å²) < 4.78 is 11.0. The maximum Gasteiger partial charge on any atom is 0.260 e. The number of carbonyl (C=O) groups excluding carboxylic acids is 2.